The molecule has 0 aliphatic carbocycles. The van der Waals surface area contributed by atoms with Gasteiger partial charge in [-0.05, 0) is 24.6 Å². The summed E-state index contributed by atoms with van der Waals surface area (Å²) >= 11 is 6.02. The standard InChI is InChI=1S/C14H11ClN2O2/c1-8-2-3-9(6-10(8)15)16-14(18)12-7-13-11(17-12)4-5-19-13/h2-7,17H,1H3,(H,16,18). The van der Waals surface area contributed by atoms with Crippen LogP contribution in [-0.4, -0.2) is 10.9 Å². The summed E-state index contributed by atoms with van der Waals surface area (Å²) in [7, 11) is 0. The molecule has 2 heterocycles. The number of benzene rings is 1. The molecule has 0 bridgehead atoms. The van der Waals surface area contributed by atoms with Crippen molar-refractivity contribution in [3.63, 3.8) is 0 Å². The lowest BCUT2D eigenvalue weighted by molar-refractivity contribution is 0.102. The Bertz CT molecular complexity index is 729. The van der Waals surface area contributed by atoms with Gasteiger partial charge < -0.3 is 14.7 Å². The van der Waals surface area contributed by atoms with Crippen LogP contribution < -0.4 is 5.32 Å². The van der Waals surface area contributed by atoms with E-state index in [1.54, 1.807) is 24.5 Å². The number of rotatable bonds is 2. The molecule has 0 saturated heterocycles. The molecule has 0 aliphatic heterocycles. The van der Waals surface area contributed by atoms with Gasteiger partial charge >= 0.3 is 0 Å². The van der Waals surface area contributed by atoms with Crippen molar-refractivity contribution in [1.29, 1.82) is 0 Å². The number of anilines is 1. The number of hydrogen-bond acceptors (Lipinski definition) is 2. The molecular weight excluding hydrogens is 264 g/mol. The van der Waals surface area contributed by atoms with Gasteiger partial charge in [-0.3, -0.25) is 4.79 Å². The van der Waals surface area contributed by atoms with E-state index in [0.29, 0.717) is 22.0 Å². The van der Waals surface area contributed by atoms with E-state index in [1.807, 2.05) is 19.1 Å². The largest absolute Gasteiger partial charge is 0.463 e. The Morgan fingerprint density at radius 2 is 2.16 bits per heavy atom. The highest BCUT2D eigenvalue weighted by Gasteiger charge is 2.11. The molecule has 4 nitrogen and oxygen atoms in total. The highest BCUT2D eigenvalue weighted by molar-refractivity contribution is 6.31. The number of nitrogens with one attached hydrogen (secondary N) is 2. The quantitative estimate of drug-likeness (QED) is 0.743. The van der Waals surface area contributed by atoms with Crippen LogP contribution in [0.3, 0.4) is 0 Å². The number of aromatic nitrogens is 1. The molecule has 0 unspecified atom stereocenters. The molecule has 0 aliphatic rings. The first-order valence-corrected chi connectivity index (χ1v) is 6.15. The van der Waals surface area contributed by atoms with Crippen molar-refractivity contribution < 1.29 is 9.21 Å². The highest BCUT2D eigenvalue weighted by atomic mass is 35.5. The van der Waals surface area contributed by atoms with Crippen molar-refractivity contribution in [2.24, 2.45) is 0 Å². The van der Waals surface area contributed by atoms with Crippen LogP contribution in [0.15, 0.2) is 41.0 Å². The predicted molar refractivity (Wildman–Crippen MR) is 74.7 cm³/mol. The first kappa shape index (κ1) is 11.9. The first-order chi connectivity index (χ1) is 9.13. The summed E-state index contributed by atoms with van der Waals surface area (Å²) in [5.74, 6) is -0.230. The lowest BCUT2D eigenvalue weighted by Crippen LogP contribution is -2.12. The van der Waals surface area contributed by atoms with Crippen molar-refractivity contribution in [3.05, 3.63) is 52.9 Å². The Kier molecular flexibility index (Phi) is 2.80. The van der Waals surface area contributed by atoms with Gasteiger partial charge in [0.15, 0.2) is 5.58 Å². The number of carbonyl (C=O) groups excluding carboxylic acids is 1. The lowest BCUT2D eigenvalue weighted by Gasteiger charge is -2.05. The smallest absolute Gasteiger partial charge is 0.272 e. The molecule has 3 aromatic rings. The summed E-state index contributed by atoms with van der Waals surface area (Å²) in [5.41, 5.74) is 3.54. The molecule has 0 radical (unpaired) electrons. The number of hydrogen-bond donors (Lipinski definition) is 2. The summed E-state index contributed by atoms with van der Waals surface area (Å²) in [6.07, 6.45) is 1.57. The van der Waals surface area contributed by atoms with Crippen LogP contribution in [0.1, 0.15) is 16.1 Å². The fourth-order valence-electron chi connectivity index (χ4n) is 1.84. The molecule has 0 fully saturated rings. The summed E-state index contributed by atoms with van der Waals surface area (Å²) in [6, 6.07) is 8.84. The van der Waals surface area contributed by atoms with Gasteiger partial charge in [-0.25, -0.2) is 0 Å². The maximum absolute atomic E-state index is 12.1. The van der Waals surface area contributed by atoms with Crippen LogP contribution in [0.4, 0.5) is 5.69 Å². The molecule has 2 N–H and O–H groups in total. The van der Waals surface area contributed by atoms with Gasteiger partial charge in [-0.15, -0.1) is 0 Å². The second-order valence-electron chi connectivity index (χ2n) is 4.30. The van der Waals surface area contributed by atoms with Crippen molar-refractivity contribution in [3.8, 4) is 0 Å². The second-order valence-corrected chi connectivity index (χ2v) is 4.71. The Morgan fingerprint density at radius 3 is 2.89 bits per heavy atom. The monoisotopic (exact) mass is 274 g/mol. The van der Waals surface area contributed by atoms with E-state index in [2.05, 4.69) is 10.3 Å². The van der Waals surface area contributed by atoms with Gasteiger partial charge in [-0.1, -0.05) is 17.7 Å². The zero-order valence-electron chi connectivity index (χ0n) is 10.2. The molecule has 5 heteroatoms. The van der Waals surface area contributed by atoms with E-state index in [0.717, 1.165) is 11.1 Å². The number of aromatic amines is 1. The number of carbonyl (C=O) groups is 1. The van der Waals surface area contributed by atoms with Gasteiger partial charge in [0, 0.05) is 22.8 Å². The maximum Gasteiger partial charge on any atom is 0.272 e. The number of aryl methyl sites for hydroxylation is 1. The number of H-pyrrole nitrogens is 1. The van der Waals surface area contributed by atoms with Gasteiger partial charge in [0.25, 0.3) is 5.91 Å². The number of fused-ring (bicyclic) bond motifs is 1. The zero-order valence-corrected chi connectivity index (χ0v) is 10.9. The van der Waals surface area contributed by atoms with Crippen LogP contribution in [0.5, 0.6) is 0 Å². The summed E-state index contributed by atoms with van der Waals surface area (Å²) in [4.78, 5) is 15.0. The van der Waals surface area contributed by atoms with Gasteiger partial charge in [0.1, 0.15) is 5.69 Å². The van der Waals surface area contributed by atoms with Crippen LogP contribution in [-0.2, 0) is 0 Å². The number of halogens is 1. The van der Waals surface area contributed by atoms with Gasteiger partial charge in [-0.2, -0.15) is 0 Å². The number of furan rings is 1. The molecule has 3 rings (SSSR count). The van der Waals surface area contributed by atoms with E-state index >= 15 is 0 Å². The molecule has 96 valence electrons. The highest BCUT2D eigenvalue weighted by Crippen LogP contribution is 2.21. The minimum atomic E-state index is -0.230. The fraction of sp³-hybridized carbons (Fsp3) is 0.0714. The fourth-order valence-corrected chi connectivity index (χ4v) is 2.02. The van der Waals surface area contributed by atoms with E-state index in [-0.39, 0.29) is 5.91 Å². The van der Waals surface area contributed by atoms with E-state index in [9.17, 15) is 4.79 Å². The Morgan fingerprint density at radius 1 is 1.32 bits per heavy atom. The minimum Gasteiger partial charge on any atom is -0.463 e. The molecule has 0 saturated carbocycles. The lowest BCUT2D eigenvalue weighted by atomic mass is 10.2. The summed E-state index contributed by atoms with van der Waals surface area (Å²) in [5, 5.41) is 3.40. The van der Waals surface area contributed by atoms with Crippen molar-refractivity contribution >= 4 is 34.3 Å². The van der Waals surface area contributed by atoms with Crippen molar-refractivity contribution in [1.82, 2.24) is 4.98 Å². The van der Waals surface area contributed by atoms with Crippen LogP contribution in [0.2, 0.25) is 5.02 Å². The molecule has 0 atom stereocenters. The van der Waals surface area contributed by atoms with Gasteiger partial charge in [0.2, 0.25) is 0 Å². The average Bonchev–Trinajstić information content (AvgIpc) is 2.94. The maximum atomic E-state index is 12.1. The summed E-state index contributed by atoms with van der Waals surface area (Å²) in [6.45, 7) is 1.91. The summed E-state index contributed by atoms with van der Waals surface area (Å²) < 4.78 is 5.20. The first-order valence-electron chi connectivity index (χ1n) is 5.77. The SMILES string of the molecule is Cc1ccc(NC(=O)c2cc3occc3[nH]2)cc1Cl. The number of amides is 1. The molecule has 0 spiro atoms. The Balaban J connectivity index is 1.84. The Hall–Kier alpha value is -2.20. The normalized spacial score (nSPS) is 10.8. The minimum absolute atomic E-state index is 0.230. The van der Waals surface area contributed by atoms with Crippen molar-refractivity contribution in [2.75, 3.05) is 5.32 Å². The molecule has 1 amide bonds. The van der Waals surface area contributed by atoms with E-state index < -0.39 is 0 Å². The van der Waals surface area contributed by atoms with E-state index in [4.69, 9.17) is 16.0 Å². The predicted octanol–water partition coefficient (Wildman–Crippen LogP) is 3.98. The third-order valence-corrected chi connectivity index (χ3v) is 3.32. The molecule has 2 aromatic heterocycles. The van der Waals surface area contributed by atoms with Crippen LogP contribution >= 0.6 is 11.6 Å². The molecule has 19 heavy (non-hydrogen) atoms. The van der Waals surface area contributed by atoms with E-state index in [1.165, 1.54) is 0 Å². The van der Waals surface area contributed by atoms with Gasteiger partial charge in [0.05, 0.1) is 11.8 Å². The van der Waals surface area contributed by atoms with Crippen LogP contribution in [0.25, 0.3) is 11.1 Å². The van der Waals surface area contributed by atoms with Crippen molar-refractivity contribution in [2.45, 2.75) is 6.92 Å². The third kappa shape index (κ3) is 2.22. The average molecular weight is 275 g/mol. The topological polar surface area (TPSA) is 58.0 Å². The zero-order chi connectivity index (χ0) is 13.4. The van der Waals surface area contributed by atoms with Crippen LogP contribution in [0, 0.1) is 6.92 Å². The molecular formula is C14H11ClN2O2. The molecule has 1 aromatic carbocycles. The third-order valence-electron chi connectivity index (χ3n) is 2.91. The second kappa shape index (κ2) is 4.48. The Labute approximate surface area is 114 Å².